The number of aromatic nitrogens is 1. The van der Waals surface area contributed by atoms with Crippen LogP contribution in [0.15, 0.2) is 18.3 Å². The predicted octanol–water partition coefficient (Wildman–Crippen LogP) is 2.74. The third-order valence-corrected chi connectivity index (χ3v) is 1.88. The summed E-state index contributed by atoms with van der Waals surface area (Å²) in [5, 5.41) is -0.825. The zero-order valence-corrected chi connectivity index (χ0v) is 8.93. The summed E-state index contributed by atoms with van der Waals surface area (Å²) < 4.78 is 52.9. The molecule has 1 aromatic rings. The maximum atomic E-state index is 12.5. The van der Waals surface area contributed by atoms with Crippen LogP contribution >= 0.6 is 11.6 Å². The molecule has 0 amide bonds. The highest BCUT2D eigenvalue weighted by Gasteiger charge is 2.41. The van der Waals surface area contributed by atoms with E-state index in [-0.39, 0.29) is 11.4 Å². The number of ether oxygens (including phenoxy) is 1. The van der Waals surface area contributed by atoms with Crippen molar-refractivity contribution in [2.24, 2.45) is 0 Å². The van der Waals surface area contributed by atoms with Crippen LogP contribution in [0.25, 0.3) is 0 Å². The van der Waals surface area contributed by atoms with Crippen molar-refractivity contribution in [2.75, 3.05) is 6.61 Å². The van der Waals surface area contributed by atoms with Gasteiger partial charge in [0.15, 0.2) is 6.61 Å². The molecule has 0 spiro atoms. The number of hydrogen-bond acceptors (Lipinski definition) is 3. The Bertz CT molecular complexity index is 396. The first-order valence-corrected chi connectivity index (χ1v) is 4.65. The van der Waals surface area contributed by atoms with E-state index in [0.29, 0.717) is 0 Å². The zero-order valence-electron chi connectivity index (χ0n) is 8.17. The lowest BCUT2D eigenvalue weighted by Gasteiger charge is -2.15. The second-order valence-corrected chi connectivity index (χ2v) is 3.35. The van der Waals surface area contributed by atoms with Gasteiger partial charge in [0, 0.05) is 0 Å². The highest BCUT2D eigenvalue weighted by Crippen LogP contribution is 2.24. The molecule has 0 aliphatic carbocycles. The lowest BCUT2D eigenvalue weighted by atomic mass is 10.3. The SMILES string of the molecule is O=C(Cl)c1ccc(OCC(F)(F)C(F)F)cn1. The van der Waals surface area contributed by atoms with Gasteiger partial charge in [-0.2, -0.15) is 8.78 Å². The van der Waals surface area contributed by atoms with Crippen molar-refractivity contribution in [3.05, 3.63) is 24.0 Å². The Balaban J connectivity index is 2.62. The van der Waals surface area contributed by atoms with Crippen molar-refractivity contribution in [3.63, 3.8) is 0 Å². The largest absolute Gasteiger partial charge is 0.485 e. The molecule has 0 atom stereocenters. The maximum absolute atomic E-state index is 12.5. The van der Waals surface area contributed by atoms with Gasteiger partial charge >= 0.3 is 12.3 Å². The van der Waals surface area contributed by atoms with E-state index in [1.807, 2.05) is 0 Å². The third-order valence-electron chi connectivity index (χ3n) is 1.69. The Morgan fingerprint density at radius 3 is 2.53 bits per heavy atom. The summed E-state index contributed by atoms with van der Waals surface area (Å²) in [5.41, 5.74) is -0.0976. The molecular weight excluding hydrogens is 266 g/mol. The number of carbonyl (C=O) groups excluding carboxylic acids is 1. The van der Waals surface area contributed by atoms with Crippen LogP contribution in [0, 0.1) is 0 Å². The van der Waals surface area contributed by atoms with Gasteiger partial charge in [-0.25, -0.2) is 13.8 Å². The number of halogens is 5. The lowest BCUT2D eigenvalue weighted by molar-refractivity contribution is -0.148. The van der Waals surface area contributed by atoms with Crippen LogP contribution in [0.5, 0.6) is 5.75 Å². The number of hydrogen-bond donors (Lipinski definition) is 0. The van der Waals surface area contributed by atoms with Crippen LogP contribution in [-0.2, 0) is 0 Å². The number of nitrogens with zero attached hydrogens (tertiary/aromatic N) is 1. The molecule has 94 valence electrons. The highest BCUT2D eigenvalue weighted by atomic mass is 35.5. The molecule has 3 nitrogen and oxygen atoms in total. The first-order chi connectivity index (χ1) is 7.83. The van der Waals surface area contributed by atoms with Gasteiger partial charge in [0.1, 0.15) is 11.4 Å². The fraction of sp³-hybridized carbons (Fsp3) is 0.333. The Morgan fingerprint density at radius 2 is 2.12 bits per heavy atom. The second-order valence-electron chi connectivity index (χ2n) is 3.00. The van der Waals surface area contributed by atoms with Crippen molar-refractivity contribution in [3.8, 4) is 5.75 Å². The molecule has 0 radical (unpaired) electrons. The minimum Gasteiger partial charge on any atom is -0.485 e. The number of pyridine rings is 1. The van der Waals surface area contributed by atoms with Crippen molar-refractivity contribution >= 4 is 16.8 Å². The molecule has 1 aromatic heterocycles. The van der Waals surface area contributed by atoms with Crippen molar-refractivity contribution in [1.29, 1.82) is 0 Å². The smallest absolute Gasteiger partial charge is 0.340 e. The molecule has 0 N–H and O–H groups in total. The zero-order chi connectivity index (χ0) is 13.1. The molecule has 0 aliphatic rings. The Kier molecular flexibility index (Phi) is 4.28. The van der Waals surface area contributed by atoms with Gasteiger partial charge in [-0.15, -0.1) is 0 Å². The standard InChI is InChI=1S/C9H6ClF4NO2/c10-7(16)6-2-1-5(3-15-6)17-4-9(13,14)8(11)12/h1-3,8H,4H2. The van der Waals surface area contributed by atoms with Gasteiger partial charge in [-0.05, 0) is 23.7 Å². The van der Waals surface area contributed by atoms with Gasteiger partial charge in [-0.1, -0.05) is 0 Å². The van der Waals surface area contributed by atoms with Crippen LogP contribution in [0.3, 0.4) is 0 Å². The summed E-state index contributed by atoms with van der Waals surface area (Å²) in [4.78, 5) is 14.1. The summed E-state index contributed by atoms with van der Waals surface area (Å²) in [6, 6.07) is 2.26. The van der Waals surface area contributed by atoms with Crippen molar-refractivity contribution in [2.45, 2.75) is 12.3 Å². The summed E-state index contributed by atoms with van der Waals surface area (Å²) in [7, 11) is 0. The fourth-order valence-corrected chi connectivity index (χ4v) is 0.936. The topological polar surface area (TPSA) is 39.2 Å². The van der Waals surface area contributed by atoms with E-state index >= 15 is 0 Å². The number of alkyl halides is 4. The van der Waals surface area contributed by atoms with Gasteiger partial charge in [0.25, 0.3) is 5.24 Å². The highest BCUT2D eigenvalue weighted by molar-refractivity contribution is 6.67. The average Bonchev–Trinajstić information content (AvgIpc) is 2.27. The summed E-state index contributed by atoms with van der Waals surface area (Å²) in [6.45, 7) is -1.47. The van der Waals surface area contributed by atoms with Crippen LogP contribution in [0.4, 0.5) is 17.6 Å². The predicted molar refractivity (Wildman–Crippen MR) is 50.9 cm³/mol. The van der Waals surface area contributed by atoms with Crippen LogP contribution < -0.4 is 4.74 Å². The van der Waals surface area contributed by atoms with E-state index in [1.54, 1.807) is 0 Å². The van der Waals surface area contributed by atoms with Crippen molar-refractivity contribution in [1.82, 2.24) is 4.98 Å². The Morgan fingerprint density at radius 1 is 1.47 bits per heavy atom. The average molecular weight is 272 g/mol. The van der Waals surface area contributed by atoms with Gasteiger partial charge < -0.3 is 4.74 Å². The van der Waals surface area contributed by atoms with Gasteiger partial charge in [-0.3, -0.25) is 4.79 Å². The van der Waals surface area contributed by atoms with Crippen molar-refractivity contribution < 1.29 is 27.1 Å². The summed E-state index contributed by atoms with van der Waals surface area (Å²) >= 11 is 5.09. The Labute approximate surface area is 98.4 Å². The minimum absolute atomic E-state index is 0.0976. The molecule has 0 unspecified atom stereocenters. The van der Waals surface area contributed by atoms with Gasteiger partial charge in [0.2, 0.25) is 0 Å². The molecule has 0 saturated carbocycles. The van der Waals surface area contributed by atoms with Gasteiger partial charge in [0.05, 0.1) is 6.20 Å². The molecular formula is C9H6ClF4NO2. The molecule has 1 rings (SSSR count). The number of carbonyl (C=O) groups is 1. The summed E-state index contributed by atoms with van der Waals surface area (Å²) in [6.07, 6.45) is -2.86. The molecule has 17 heavy (non-hydrogen) atoms. The maximum Gasteiger partial charge on any atom is 0.340 e. The second kappa shape index (κ2) is 5.31. The first-order valence-electron chi connectivity index (χ1n) is 4.27. The molecule has 8 heteroatoms. The van der Waals surface area contributed by atoms with E-state index in [0.717, 1.165) is 18.3 Å². The van der Waals surface area contributed by atoms with E-state index in [1.165, 1.54) is 0 Å². The molecule has 0 aliphatic heterocycles. The molecule has 0 aromatic carbocycles. The molecule has 0 saturated heterocycles. The van der Waals surface area contributed by atoms with Crippen LogP contribution in [-0.4, -0.2) is 29.2 Å². The Hall–Kier alpha value is -1.37. The van der Waals surface area contributed by atoms with E-state index < -0.39 is 24.2 Å². The monoisotopic (exact) mass is 271 g/mol. The van der Waals surface area contributed by atoms with Crippen LogP contribution in [0.2, 0.25) is 0 Å². The normalized spacial score (nSPS) is 11.6. The van der Waals surface area contributed by atoms with E-state index in [4.69, 9.17) is 11.6 Å². The minimum atomic E-state index is -4.24. The molecule has 0 fully saturated rings. The quantitative estimate of drug-likeness (QED) is 0.611. The van der Waals surface area contributed by atoms with Crippen LogP contribution in [0.1, 0.15) is 10.5 Å². The van der Waals surface area contributed by atoms with E-state index in [9.17, 15) is 22.4 Å². The molecule has 1 heterocycles. The lowest BCUT2D eigenvalue weighted by Crippen LogP contribution is -2.33. The number of rotatable bonds is 5. The molecule has 0 bridgehead atoms. The first kappa shape index (κ1) is 13.7. The van der Waals surface area contributed by atoms with E-state index in [2.05, 4.69) is 9.72 Å². The third kappa shape index (κ3) is 3.85. The summed E-state index contributed by atoms with van der Waals surface area (Å²) in [5.74, 6) is -4.40. The fourth-order valence-electron chi connectivity index (χ4n) is 0.824.